The number of aromatic amines is 2. The standard InChI is InChI=1S/C31H34N8O3/c1-16(35-15-27(40)39-23(14-32)11-22-12-26(22)39)13-31(29-36-30(42)38-37-29)24-7-5-18(17(2)33)9-19(24)3-4-20-10-21(28(34)41)6-8-25(20)31/h5-10,16,22-23,26,35H,2-4,11-13,15,33H2,1H3,(H2,34,41)(H2,36,37,38,42)/t16-,22+,23?,26-,31?/m0/s1. The zero-order valence-electron chi connectivity index (χ0n) is 23.4. The van der Waals surface area contributed by atoms with Crippen LogP contribution in [0.1, 0.15) is 70.2 Å². The summed E-state index contributed by atoms with van der Waals surface area (Å²) in [7, 11) is 0. The van der Waals surface area contributed by atoms with Crippen LogP contribution in [0, 0.1) is 17.2 Å². The van der Waals surface area contributed by atoms with E-state index in [1.54, 1.807) is 11.0 Å². The number of H-pyrrole nitrogens is 2. The molecular weight excluding hydrogens is 532 g/mol. The molecule has 1 saturated carbocycles. The van der Waals surface area contributed by atoms with Gasteiger partial charge in [-0.15, -0.1) is 0 Å². The molecule has 2 aromatic carbocycles. The molecule has 0 radical (unpaired) electrons. The third-order valence-corrected chi connectivity index (χ3v) is 9.11. The molecule has 2 heterocycles. The first-order valence-corrected chi connectivity index (χ1v) is 14.2. The molecule has 2 amide bonds. The lowest BCUT2D eigenvalue weighted by Crippen LogP contribution is -2.46. The first-order chi connectivity index (χ1) is 20.1. The van der Waals surface area contributed by atoms with Crippen LogP contribution in [0.25, 0.3) is 5.70 Å². The number of fused-ring (bicyclic) bond motifs is 3. The largest absolute Gasteiger partial charge is 0.399 e. The van der Waals surface area contributed by atoms with Crippen LogP contribution in [-0.2, 0) is 23.1 Å². The van der Waals surface area contributed by atoms with Crippen LogP contribution in [0.15, 0.2) is 47.8 Å². The third kappa shape index (κ3) is 4.58. The molecule has 2 aliphatic carbocycles. The number of piperidine rings is 1. The van der Waals surface area contributed by atoms with E-state index in [9.17, 15) is 19.6 Å². The van der Waals surface area contributed by atoms with Gasteiger partial charge in [0.2, 0.25) is 11.8 Å². The minimum absolute atomic E-state index is 0.0838. The molecular formula is C31H34N8O3. The molecule has 2 unspecified atom stereocenters. The molecule has 216 valence electrons. The molecule has 3 aromatic rings. The van der Waals surface area contributed by atoms with Gasteiger partial charge < -0.3 is 21.7 Å². The second kappa shape index (κ2) is 10.3. The number of aromatic nitrogens is 3. The Bertz CT molecular complexity index is 1630. The Morgan fingerprint density at radius 2 is 1.83 bits per heavy atom. The van der Waals surface area contributed by atoms with E-state index in [0.717, 1.165) is 40.7 Å². The fraction of sp³-hybridized carbons (Fsp3) is 0.387. The van der Waals surface area contributed by atoms with E-state index < -0.39 is 17.0 Å². The van der Waals surface area contributed by atoms with Crippen LogP contribution in [0.4, 0.5) is 0 Å². The van der Waals surface area contributed by atoms with Gasteiger partial charge >= 0.3 is 5.69 Å². The minimum atomic E-state index is -0.954. The summed E-state index contributed by atoms with van der Waals surface area (Å²) in [5.74, 6) is 0.256. The van der Waals surface area contributed by atoms with Gasteiger partial charge in [-0.25, -0.2) is 9.89 Å². The fourth-order valence-electron chi connectivity index (χ4n) is 7.06. The van der Waals surface area contributed by atoms with E-state index in [-0.39, 0.29) is 30.6 Å². The third-order valence-electron chi connectivity index (χ3n) is 9.11. The Hall–Kier alpha value is -4.69. The van der Waals surface area contributed by atoms with Crippen molar-refractivity contribution in [1.82, 2.24) is 25.4 Å². The van der Waals surface area contributed by atoms with Gasteiger partial charge in [-0.1, -0.05) is 24.8 Å². The SMILES string of the molecule is C=C(N)c1ccc2c(c1)CCc1cc(C(N)=O)ccc1C2(C[C@H](C)NCC(=O)N1C(C#N)C[C@@H]2C[C@@H]21)c1n[nH]c(=O)[nH]1. The summed E-state index contributed by atoms with van der Waals surface area (Å²) in [5, 5.41) is 19.9. The maximum absolute atomic E-state index is 13.2. The van der Waals surface area contributed by atoms with E-state index in [1.807, 2.05) is 37.3 Å². The number of benzene rings is 2. The molecule has 5 atom stereocenters. The number of likely N-dealkylation sites (tertiary alicyclic amines) is 1. The van der Waals surface area contributed by atoms with Crippen molar-refractivity contribution in [2.75, 3.05) is 6.54 Å². The van der Waals surface area contributed by atoms with Gasteiger partial charge in [-0.3, -0.25) is 14.6 Å². The maximum atomic E-state index is 13.2. The van der Waals surface area contributed by atoms with Crippen molar-refractivity contribution >= 4 is 17.5 Å². The molecule has 2 fully saturated rings. The molecule has 3 aliphatic rings. The molecule has 0 spiro atoms. The lowest BCUT2D eigenvalue weighted by Gasteiger charge is -2.37. The lowest BCUT2D eigenvalue weighted by atomic mass is 9.67. The maximum Gasteiger partial charge on any atom is 0.340 e. The summed E-state index contributed by atoms with van der Waals surface area (Å²) in [6.45, 7) is 5.98. The van der Waals surface area contributed by atoms with E-state index in [4.69, 9.17) is 11.5 Å². The fourth-order valence-corrected chi connectivity index (χ4v) is 7.06. The number of hydrogen-bond donors (Lipinski definition) is 5. The van der Waals surface area contributed by atoms with E-state index in [1.165, 1.54) is 0 Å². The summed E-state index contributed by atoms with van der Waals surface area (Å²) in [6, 6.07) is 13.2. The molecule has 0 bridgehead atoms. The van der Waals surface area contributed by atoms with Crippen LogP contribution >= 0.6 is 0 Å². The Morgan fingerprint density at radius 1 is 1.17 bits per heavy atom. The highest BCUT2D eigenvalue weighted by molar-refractivity contribution is 5.93. The van der Waals surface area contributed by atoms with E-state index >= 15 is 0 Å². The zero-order valence-corrected chi connectivity index (χ0v) is 23.4. The van der Waals surface area contributed by atoms with Crippen LogP contribution in [0.5, 0.6) is 0 Å². The molecule has 6 rings (SSSR count). The Kier molecular flexibility index (Phi) is 6.74. The van der Waals surface area contributed by atoms with Crippen LogP contribution in [0.3, 0.4) is 0 Å². The van der Waals surface area contributed by atoms with Gasteiger partial charge in [-0.2, -0.15) is 10.4 Å². The molecule has 1 aromatic heterocycles. The van der Waals surface area contributed by atoms with Gasteiger partial charge in [-0.05, 0) is 91.0 Å². The molecule has 1 aliphatic heterocycles. The van der Waals surface area contributed by atoms with Gasteiger partial charge in [0.15, 0.2) is 0 Å². The quantitative estimate of drug-likeness (QED) is 0.273. The van der Waals surface area contributed by atoms with Crippen molar-refractivity contribution < 1.29 is 9.59 Å². The van der Waals surface area contributed by atoms with Gasteiger partial charge in [0, 0.05) is 23.3 Å². The molecule has 1 saturated heterocycles. The average Bonchev–Trinajstić information content (AvgIpc) is 3.46. The number of nitrogens with one attached hydrogen (secondary N) is 3. The van der Waals surface area contributed by atoms with Crippen molar-refractivity contribution in [1.29, 1.82) is 5.26 Å². The molecule has 7 N–H and O–H groups in total. The second-order valence-electron chi connectivity index (χ2n) is 11.8. The summed E-state index contributed by atoms with van der Waals surface area (Å²) in [5.41, 5.74) is 15.7. The Morgan fingerprint density at radius 3 is 2.43 bits per heavy atom. The number of nitrogens with zero attached hydrogens (tertiary/aromatic N) is 3. The number of nitriles is 1. The molecule has 11 heteroatoms. The number of rotatable bonds is 8. The second-order valence-corrected chi connectivity index (χ2v) is 11.8. The number of carbonyl (C=O) groups is 2. The van der Waals surface area contributed by atoms with Gasteiger partial charge in [0.1, 0.15) is 11.9 Å². The first-order valence-electron chi connectivity index (χ1n) is 14.2. The summed E-state index contributed by atoms with van der Waals surface area (Å²) in [6.07, 6.45) is 3.40. The summed E-state index contributed by atoms with van der Waals surface area (Å²) >= 11 is 0. The monoisotopic (exact) mass is 566 g/mol. The highest BCUT2D eigenvalue weighted by Crippen LogP contribution is 2.48. The number of hydrogen-bond acceptors (Lipinski definition) is 7. The predicted molar refractivity (Wildman–Crippen MR) is 156 cm³/mol. The Labute approximate surface area is 243 Å². The van der Waals surface area contributed by atoms with Crippen molar-refractivity contribution in [3.05, 3.63) is 92.7 Å². The molecule has 42 heavy (non-hydrogen) atoms. The van der Waals surface area contributed by atoms with Gasteiger partial charge in [0.05, 0.1) is 18.0 Å². The Balaban J connectivity index is 1.43. The van der Waals surface area contributed by atoms with Crippen molar-refractivity contribution in [2.45, 2.75) is 62.6 Å². The number of primary amides is 1. The summed E-state index contributed by atoms with van der Waals surface area (Å²) in [4.78, 5) is 42.5. The van der Waals surface area contributed by atoms with Gasteiger partial charge in [0.25, 0.3) is 0 Å². The van der Waals surface area contributed by atoms with Crippen molar-refractivity contribution in [3.8, 4) is 6.07 Å². The number of carbonyl (C=O) groups excluding carboxylic acids is 2. The smallest absolute Gasteiger partial charge is 0.340 e. The zero-order chi connectivity index (χ0) is 29.8. The number of nitrogens with two attached hydrogens (primary N) is 2. The number of aryl methyl sites for hydroxylation is 2. The normalized spacial score (nSPS) is 24.5. The predicted octanol–water partition coefficient (Wildman–Crippen LogP) is 1.44. The topological polar surface area (TPSA) is 187 Å². The van der Waals surface area contributed by atoms with Crippen LogP contribution < -0.4 is 22.5 Å². The van der Waals surface area contributed by atoms with Crippen LogP contribution in [-0.4, -0.2) is 56.6 Å². The lowest BCUT2D eigenvalue weighted by molar-refractivity contribution is -0.131. The number of amides is 2. The highest BCUT2D eigenvalue weighted by Gasteiger charge is 2.54. The van der Waals surface area contributed by atoms with E-state index in [2.05, 4.69) is 33.1 Å². The first kappa shape index (κ1) is 27.5. The highest BCUT2D eigenvalue weighted by atomic mass is 16.2. The van der Waals surface area contributed by atoms with Crippen molar-refractivity contribution in [3.63, 3.8) is 0 Å². The van der Waals surface area contributed by atoms with Crippen LogP contribution in [0.2, 0.25) is 0 Å². The van der Waals surface area contributed by atoms with Crippen molar-refractivity contribution in [2.24, 2.45) is 17.4 Å². The van der Waals surface area contributed by atoms with E-state index in [0.29, 0.717) is 42.3 Å². The minimum Gasteiger partial charge on any atom is -0.399 e. The average molecular weight is 567 g/mol. The molecule has 11 nitrogen and oxygen atoms in total. The summed E-state index contributed by atoms with van der Waals surface area (Å²) < 4.78 is 0.